The van der Waals surface area contributed by atoms with Crippen LogP contribution in [0.15, 0.2) is 63.5 Å². The summed E-state index contributed by atoms with van der Waals surface area (Å²) >= 11 is 3.54. The van der Waals surface area contributed by atoms with Crippen LogP contribution in [0.1, 0.15) is 27.2 Å². The smallest absolute Gasteiger partial charge is 0.335 e. The van der Waals surface area contributed by atoms with E-state index in [4.69, 9.17) is 9.52 Å². The third-order valence-electron chi connectivity index (χ3n) is 3.87. The monoisotopic (exact) mass is 407 g/mol. The molecular formula is C21H14BrNO3. The minimum absolute atomic E-state index is 0.176. The topological polar surface area (TPSA) is 74.2 Å². The first-order valence-electron chi connectivity index (χ1n) is 7.80. The number of rotatable bonds is 4. The molecule has 1 N–H and O–H groups in total. The number of aromatic carboxylic acids is 1. The molecule has 0 radical (unpaired) electrons. The molecule has 0 saturated carbocycles. The first-order chi connectivity index (χ1) is 12.5. The van der Waals surface area contributed by atoms with Crippen molar-refractivity contribution >= 4 is 33.5 Å². The maximum Gasteiger partial charge on any atom is 0.335 e. The highest BCUT2D eigenvalue weighted by molar-refractivity contribution is 9.10. The molecule has 0 aliphatic heterocycles. The number of halogens is 1. The van der Waals surface area contributed by atoms with E-state index in [1.54, 1.807) is 24.3 Å². The minimum Gasteiger partial charge on any atom is -0.478 e. The van der Waals surface area contributed by atoms with E-state index < -0.39 is 5.97 Å². The van der Waals surface area contributed by atoms with Gasteiger partial charge in [0.05, 0.1) is 17.2 Å². The summed E-state index contributed by atoms with van der Waals surface area (Å²) in [4.78, 5) is 10.9. The Labute approximate surface area is 159 Å². The summed E-state index contributed by atoms with van der Waals surface area (Å²) < 4.78 is 6.79. The van der Waals surface area contributed by atoms with E-state index in [2.05, 4.69) is 22.0 Å². The largest absolute Gasteiger partial charge is 0.478 e. The summed E-state index contributed by atoms with van der Waals surface area (Å²) in [5.74, 6) is 0.242. The van der Waals surface area contributed by atoms with Crippen LogP contribution in [0.2, 0.25) is 0 Å². The summed E-state index contributed by atoms with van der Waals surface area (Å²) in [5, 5.41) is 18.4. The van der Waals surface area contributed by atoms with Gasteiger partial charge in [-0.3, -0.25) is 0 Å². The van der Waals surface area contributed by atoms with Gasteiger partial charge in [0.15, 0.2) is 0 Å². The number of allylic oxidation sites excluding steroid dienone is 1. The zero-order chi connectivity index (χ0) is 18.7. The predicted molar refractivity (Wildman–Crippen MR) is 103 cm³/mol. The van der Waals surface area contributed by atoms with Crippen molar-refractivity contribution in [2.45, 2.75) is 6.92 Å². The maximum atomic E-state index is 10.9. The summed E-state index contributed by atoms with van der Waals surface area (Å²) in [6.07, 6.45) is 1.64. The van der Waals surface area contributed by atoms with E-state index >= 15 is 0 Å². The quantitative estimate of drug-likeness (QED) is 0.556. The average Bonchev–Trinajstić information content (AvgIpc) is 3.08. The molecule has 0 unspecified atom stereocenters. The zero-order valence-electron chi connectivity index (χ0n) is 13.9. The number of carboxylic acid groups (broad SMARTS) is 1. The molecular weight excluding hydrogens is 394 g/mol. The van der Waals surface area contributed by atoms with E-state index in [-0.39, 0.29) is 5.56 Å². The molecule has 4 nitrogen and oxygen atoms in total. The average molecular weight is 408 g/mol. The van der Waals surface area contributed by atoms with Crippen molar-refractivity contribution in [3.63, 3.8) is 0 Å². The van der Waals surface area contributed by atoms with Crippen molar-refractivity contribution < 1.29 is 14.3 Å². The van der Waals surface area contributed by atoms with E-state index in [1.165, 1.54) is 12.1 Å². The second-order valence-electron chi connectivity index (χ2n) is 5.74. The number of aryl methyl sites for hydroxylation is 1. The first kappa shape index (κ1) is 17.7. The van der Waals surface area contributed by atoms with Gasteiger partial charge in [-0.25, -0.2) is 4.79 Å². The molecule has 5 heteroatoms. The van der Waals surface area contributed by atoms with Crippen LogP contribution in [0.25, 0.3) is 23.0 Å². The Morgan fingerprint density at radius 2 is 1.81 bits per heavy atom. The molecule has 0 aliphatic rings. The molecule has 0 atom stereocenters. The summed E-state index contributed by atoms with van der Waals surface area (Å²) in [6.45, 7) is 2.01. The summed E-state index contributed by atoms with van der Waals surface area (Å²) in [6, 6.07) is 17.9. The lowest BCUT2D eigenvalue weighted by molar-refractivity contribution is 0.0697. The Hall–Kier alpha value is -3.10. The fourth-order valence-corrected chi connectivity index (χ4v) is 3.20. The third kappa shape index (κ3) is 3.76. The number of hydrogen-bond acceptors (Lipinski definition) is 3. The number of carboxylic acids is 1. The van der Waals surface area contributed by atoms with Gasteiger partial charge in [0.1, 0.15) is 11.5 Å². The van der Waals surface area contributed by atoms with Crippen LogP contribution < -0.4 is 0 Å². The molecule has 1 aromatic heterocycles. The zero-order valence-corrected chi connectivity index (χ0v) is 15.4. The lowest BCUT2D eigenvalue weighted by atomic mass is 10.0. The fourth-order valence-electron chi connectivity index (χ4n) is 2.51. The van der Waals surface area contributed by atoms with E-state index in [0.717, 1.165) is 15.6 Å². The number of nitrogens with zero attached hydrogens (tertiary/aromatic N) is 1. The number of furan rings is 1. The van der Waals surface area contributed by atoms with Crippen molar-refractivity contribution in [3.05, 3.63) is 81.5 Å². The van der Waals surface area contributed by atoms with Crippen LogP contribution in [-0.4, -0.2) is 11.1 Å². The Kier molecular flexibility index (Phi) is 5.06. The van der Waals surface area contributed by atoms with Crippen LogP contribution in [0.4, 0.5) is 0 Å². The standard InChI is InChI=1S/C21H14BrNO3/c1-13-2-8-18(19(22)10-13)20-9-7-17(26-20)11-16(12-23)14-3-5-15(6-4-14)21(24)25/h2-11H,1H3,(H,24,25)/b16-11+. The Morgan fingerprint density at radius 1 is 1.12 bits per heavy atom. The Morgan fingerprint density at radius 3 is 2.42 bits per heavy atom. The lowest BCUT2D eigenvalue weighted by Gasteiger charge is -2.02. The second kappa shape index (κ2) is 7.42. The highest BCUT2D eigenvalue weighted by Gasteiger charge is 2.10. The van der Waals surface area contributed by atoms with Crippen molar-refractivity contribution in [1.82, 2.24) is 0 Å². The van der Waals surface area contributed by atoms with Crippen LogP contribution in [0.3, 0.4) is 0 Å². The minimum atomic E-state index is -1.00. The molecule has 1 heterocycles. The maximum absolute atomic E-state index is 10.9. The molecule has 0 spiro atoms. The second-order valence-corrected chi connectivity index (χ2v) is 6.59. The molecule has 0 aliphatic carbocycles. The first-order valence-corrected chi connectivity index (χ1v) is 8.59. The lowest BCUT2D eigenvalue weighted by Crippen LogP contribution is -1.95. The highest BCUT2D eigenvalue weighted by Crippen LogP contribution is 2.31. The van der Waals surface area contributed by atoms with E-state index in [0.29, 0.717) is 22.7 Å². The van der Waals surface area contributed by atoms with Gasteiger partial charge in [-0.2, -0.15) is 5.26 Å². The van der Waals surface area contributed by atoms with Gasteiger partial charge in [-0.15, -0.1) is 0 Å². The van der Waals surface area contributed by atoms with Crippen molar-refractivity contribution in [1.29, 1.82) is 5.26 Å². The molecule has 0 amide bonds. The Bertz CT molecular complexity index is 1040. The normalized spacial score (nSPS) is 11.2. The molecule has 0 bridgehead atoms. The van der Waals surface area contributed by atoms with Gasteiger partial charge in [-0.05, 0) is 60.5 Å². The number of nitriles is 1. The molecule has 3 rings (SSSR count). The van der Waals surface area contributed by atoms with Crippen molar-refractivity contribution in [3.8, 4) is 17.4 Å². The van der Waals surface area contributed by atoms with Gasteiger partial charge in [0, 0.05) is 10.0 Å². The van der Waals surface area contributed by atoms with Crippen molar-refractivity contribution in [2.75, 3.05) is 0 Å². The van der Waals surface area contributed by atoms with Crippen LogP contribution >= 0.6 is 15.9 Å². The third-order valence-corrected chi connectivity index (χ3v) is 4.52. The van der Waals surface area contributed by atoms with Crippen molar-refractivity contribution in [2.24, 2.45) is 0 Å². The van der Waals surface area contributed by atoms with Gasteiger partial charge in [-0.1, -0.05) is 34.1 Å². The molecule has 128 valence electrons. The number of benzene rings is 2. The van der Waals surface area contributed by atoms with Gasteiger partial charge in [0.25, 0.3) is 0 Å². The highest BCUT2D eigenvalue weighted by atomic mass is 79.9. The molecule has 0 fully saturated rings. The van der Waals surface area contributed by atoms with E-state index in [9.17, 15) is 10.1 Å². The SMILES string of the molecule is Cc1ccc(-c2ccc(/C=C(\C#N)c3ccc(C(=O)O)cc3)o2)c(Br)c1. The van der Waals surface area contributed by atoms with Gasteiger partial charge < -0.3 is 9.52 Å². The van der Waals surface area contributed by atoms with Gasteiger partial charge in [0.2, 0.25) is 0 Å². The summed E-state index contributed by atoms with van der Waals surface area (Å²) in [5.41, 5.74) is 3.27. The van der Waals surface area contributed by atoms with Crippen LogP contribution in [0, 0.1) is 18.3 Å². The summed E-state index contributed by atoms with van der Waals surface area (Å²) in [7, 11) is 0. The van der Waals surface area contributed by atoms with Gasteiger partial charge >= 0.3 is 5.97 Å². The van der Waals surface area contributed by atoms with Crippen LogP contribution in [0.5, 0.6) is 0 Å². The molecule has 2 aromatic carbocycles. The number of carbonyl (C=O) groups is 1. The molecule has 26 heavy (non-hydrogen) atoms. The molecule has 0 saturated heterocycles. The fraction of sp³-hybridized carbons (Fsp3) is 0.0476. The molecule has 3 aromatic rings. The predicted octanol–water partition coefficient (Wildman–Crippen LogP) is 5.78. The van der Waals surface area contributed by atoms with Crippen LogP contribution in [-0.2, 0) is 0 Å². The number of hydrogen-bond donors (Lipinski definition) is 1. The Balaban J connectivity index is 1.92. The van der Waals surface area contributed by atoms with E-state index in [1.807, 2.05) is 31.2 Å².